The van der Waals surface area contributed by atoms with Gasteiger partial charge in [-0.1, -0.05) is 6.07 Å². The third kappa shape index (κ3) is 3.57. The SMILES string of the molecule is O=C(NCc1ccc(F)cc1F)c1ccc(Br)nc1. The van der Waals surface area contributed by atoms with Crippen LogP contribution in [0.1, 0.15) is 15.9 Å². The molecule has 0 aliphatic rings. The summed E-state index contributed by atoms with van der Waals surface area (Å²) in [5.41, 5.74) is 0.588. The summed E-state index contributed by atoms with van der Waals surface area (Å²) in [6.45, 7) is -0.0129. The minimum atomic E-state index is -0.686. The van der Waals surface area contributed by atoms with Gasteiger partial charge in [0.25, 0.3) is 5.91 Å². The van der Waals surface area contributed by atoms with Gasteiger partial charge >= 0.3 is 0 Å². The van der Waals surface area contributed by atoms with Crippen molar-refractivity contribution in [2.45, 2.75) is 6.54 Å². The monoisotopic (exact) mass is 326 g/mol. The second kappa shape index (κ2) is 5.88. The first kappa shape index (κ1) is 13.6. The van der Waals surface area contributed by atoms with Crippen LogP contribution in [0.5, 0.6) is 0 Å². The zero-order valence-corrected chi connectivity index (χ0v) is 11.2. The zero-order valence-electron chi connectivity index (χ0n) is 9.66. The van der Waals surface area contributed by atoms with Crippen LogP contribution in [0.4, 0.5) is 8.78 Å². The van der Waals surface area contributed by atoms with Crippen molar-refractivity contribution in [1.82, 2.24) is 10.3 Å². The van der Waals surface area contributed by atoms with Gasteiger partial charge in [0.05, 0.1) is 5.56 Å². The molecule has 1 amide bonds. The maximum atomic E-state index is 13.3. The van der Waals surface area contributed by atoms with Gasteiger partial charge in [-0.15, -0.1) is 0 Å². The van der Waals surface area contributed by atoms with E-state index in [4.69, 9.17) is 0 Å². The molecule has 0 spiro atoms. The van der Waals surface area contributed by atoms with Crippen LogP contribution in [0.2, 0.25) is 0 Å². The van der Waals surface area contributed by atoms with E-state index in [1.165, 1.54) is 12.3 Å². The second-order valence-electron chi connectivity index (χ2n) is 3.79. The Labute approximate surface area is 116 Å². The van der Waals surface area contributed by atoms with E-state index in [0.29, 0.717) is 10.2 Å². The molecule has 0 saturated heterocycles. The van der Waals surface area contributed by atoms with Crippen molar-refractivity contribution in [3.63, 3.8) is 0 Å². The van der Waals surface area contributed by atoms with Crippen molar-refractivity contribution < 1.29 is 13.6 Å². The van der Waals surface area contributed by atoms with Gasteiger partial charge in [0.2, 0.25) is 0 Å². The average molecular weight is 327 g/mol. The number of halogens is 3. The summed E-state index contributed by atoms with van der Waals surface area (Å²) < 4.78 is 26.7. The standard InChI is InChI=1S/C13H9BrF2N2O/c14-12-4-2-9(7-17-12)13(19)18-6-8-1-3-10(15)5-11(8)16/h1-5,7H,6H2,(H,18,19). The number of pyridine rings is 1. The maximum Gasteiger partial charge on any atom is 0.253 e. The molecular formula is C13H9BrF2N2O. The fraction of sp³-hybridized carbons (Fsp3) is 0.0769. The Kier molecular flexibility index (Phi) is 4.21. The van der Waals surface area contributed by atoms with E-state index >= 15 is 0 Å². The van der Waals surface area contributed by atoms with Crippen LogP contribution in [0.15, 0.2) is 41.1 Å². The molecule has 0 aliphatic heterocycles. The Bertz CT molecular complexity index is 602. The number of nitrogens with zero attached hydrogens (tertiary/aromatic N) is 1. The minimum Gasteiger partial charge on any atom is -0.348 e. The van der Waals surface area contributed by atoms with Gasteiger partial charge in [0.1, 0.15) is 16.2 Å². The van der Waals surface area contributed by atoms with E-state index in [1.54, 1.807) is 12.1 Å². The van der Waals surface area contributed by atoms with Crippen LogP contribution >= 0.6 is 15.9 Å². The first-order valence-corrected chi connectivity index (χ1v) is 6.19. The molecule has 6 heteroatoms. The van der Waals surface area contributed by atoms with Gasteiger partial charge in [-0.3, -0.25) is 4.79 Å². The number of carbonyl (C=O) groups is 1. The number of hydrogen-bond acceptors (Lipinski definition) is 2. The lowest BCUT2D eigenvalue weighted by Crippen LogP contribution is -2.23. The van der Waals surface area contributed by atoms with Crippen LogP contribution in [-0.2, 0) is 6.54 Å². The maximum absolute atomic E-state index is 13.3. The molecule has 0 aliphatic carbocycles. The topological polar surface area (TPSA) is 42.0 Å². The number of amides is 1. The minimum absolute atomic E-state index is 0.0129. The van der Waals surface area contributed by atoms with Gasteiger partial charge < -0.3 is 5.32 Å². The molecule has 3 nitrogen and oxygen atoms in total. The van der Waals surface area contributed by atoms with Crippen LogP contribution in [0, 0.1) is 11.6 Å². The summed E-state index contributed by atoms with van der Waals surface area (Å²) >= 11 is 3.16. The van der Waals surface area contributed by atoms with Crippen molar-refractivity contribution in [3.05, 3.63) is 63.9 Å². The molecule has 1 aromatic heterocycles. The van der Waals surface area contributed by atoms with Crippen molar-refractivity contribution in [2.24, 2.45) is 0 Å². The molecule has 0 bridgehead atoms. The lowest BCUT2D eigenvalue weighted by Gasteiger charge is -2.06. The Hall–Kier alpha value is -1.82. The summed E-state index contributed by atoms with van der Waals surface area (Å²) in [4.78, 5) is 15.7. The highest BCUT2D eigenvalue weighted by Gasteiger charge is 2.08. The Morgan fingerprint density at radius 2 is 2.05 bits per heavy atom. The number of hydrogen-bond donors (Lipinski definition) is 1. The van der Waals surface area contributed by atoms with Crippen LogP contribution in [0.25, 0.3) is 0 Å². The third-order valence-electron chi connectivity index (χ3n) is 2.44. The van der Waals surface area contributed by atoms with Crippen LogP contribution < -0.4 is 5.32 Å². The molecule has 0 unspecified atom stereocenters. The summed E-state index contributed by atoms with van der Waals surface area (Å²) in [6.07, 6.45) is 1.40. The fourth-order valence-corrected chi connectivity index (χ4v) is 1.69. The van der Waals surface area contributed by atoms with E-state index < -0.39 is 11.6 Å². The summed E-state index contributed by atoms with van der Waals surface area (Å²) in [7, 11) is 0. The quantitative estimate of drug-likeness (QED) is 0.881. The number of benzene rings is 1. The van der Waals surface area contributed by atoms with Gasteiger partial charge in [0.15, 0.2) is 0 Å². The first-order chi connectivity index (χ1) is 9.06. The Morgan fingerprint density at radius 3 is 2.68 bits per heavy atom. The lowest BCUT2D eigenvalue weighted by molar-refractivity contribution is 0.0950. The molecular weight excluding hydrogens is 318 g/mol. The highest BCUT2D eigenvalue weighted by Crippen LogP contribution is 2.10. The number of rotatable bonds is 3. The first-order valence-electron chi connectivity index (χ1n) is 5.40. The predicted molar refractivity (Wildman–Crippen MR) is 69.5 cm³/mol. The summed E-state index contributed by atoms with van der Waals surface area (Å²) in [5.74, 6) is -1.71. The molecule has 0 saturated carbocycles. The largest absolute Gasteiger partial charge is 0.348 e. The molecule has 1 heterocycles. The van der Waals surface area contributed by atoms with Gasteiger partial charge in [-0.2, -0.15) is 0 Å². The number of carbonyl (C=O) groups excluding carboxylic acids is 1. The van der Waals surface area contributed by atoms with E-state index in [1.807, 2.05) is 0 Å². The van der Waals surface area contributed by atoms with Gasteiger partial charge in [0, 0.05) is 24.4 Å². The molecule has 2 rings (SSSR count). The normalized spacial score (nSPS) is 10.3. The highest BCUT2D eigenvalue weighted by molar-refractivity contribution is 9.10. The van der Waals surface area contributed by atoms with Crippen molar-refractivity contribution in [2.75, 3.05) is 0 Å². The van der Waals surface area contributed by atoms with E-state index in [0.717, 1.165) is 12.1 Å². The van der Waals surface area contributed by atoms with Crippen LogP contribution in [0.3, 0.4) is 0 Å². The average Bonchev–Trinajstić information content (AvgIpc) is 2.38. The molecule has 0 radical (unpaired) electrons. The number of nitrogens with one attached hydrogen (secondary N) is 1. The zero-order chi connectivity index (χ0) is 13.8. The number of aromatic nitrogens is 1. The smallest absolute Gasteiger partial charge is 0.253 e. The second-order valence-corrected chi connectivity index (χ2v) is 4.60. The molecule has 98 valence electrons. The fourth-order valence-electron chi connectivity index (χ4n) is 1.45. The van der Waals surface area contributed by atoms with Crippen LogP contribution in [-0.4, -0.2) is 10.9 Å². The van der Waals surface area contributed by atoms with E-state index in [2.05, 4.69) is 26.2 Å². The lowest BCUT2D eigenvalue weighted by atomic mass is 10.2. The highest BCUT2D eigenvalue weighted by atomic mass is 79.9. The van der Waals surface area contributed by atoms with E-state index in [9.17, 15) is 13.6 Å². The van der Waals surface area contributed by atoms with Gasteiger partial charge in [-0.05, 0) is 34.1 Å². The molecule has 1 N–H and O–H groups in total. The molecule has 1 aromatic carbocycles. The van der Waals surface area contributed by atoms with E-state index in [-0.39, 0.29) is 18.0 Å². The molecule has 0 fully saturated rings. The Balaban J connectivity index is 2.02. The molecule has 0 atom stereocenters. The summed E-state index contributed by atoms with van der Waals surface area (Å²) in [5, 5.41) is 2.54. The van der Waals surface area contributed by atoms with Crippen molar-refractivity contribution in [3.8, 4) is 0 Å². The predicted octanol–water partition coefficient (Wildman–Crippen LogP) is 3.05. The Morgan fingerprint density at radius 1 is 1.26 bits per heavy atom. The van der Waals surface area contributed by atoms with Crippen molar-refractivity contribution in [1.29, 1.82) is 0 Å². The third-order valence-corrected chi connectivity index (χ3v) is 2.91. The molecule has 19 heavy (non-hydrogen) atoms. The summed E-state index contributed by atoms with van der Waals surface area (Å²) in [6, 6.07) is 6.44. The van der Waals surface area contributed by atoms with Gasteiger partial charge in [-0.25, -0.2) is 13.8 Å². The molecule has 2 aromatic rings. The van der Waals surface area contributed by atoms with Crippen molar-refractivity contribution >= 4 is 21.8 Å².